The molecule has 1 fully saturated rings. The average molecular weight is 550 g/mol. The maximum atomic E-state index is 13.7. The first kappa shape index (κ1) is 26.8. The zero-order chi connectivity index (χ0) is 28.8. The molecule has 2 heterocycles. The molecule has 1 aromatic heterocycles. The highest BCUT2D eigenvalue weighted by molar-refractivity contribution is 5.82. The first-order chi connectivity index (χ1) is 19.8. The van der Waals surface area contributed by atoms with Crippen LogP contribution in [0.3, 0.4) is 0 Å². The lowest BCUT2D eigenvalue weighted by atomic mass is 9.66. The number of aliphatic hydroxyl groups excluding tert-OH is 1. The van der Waals surface area contributed by atoms with Crippen LogP contribution in [0.1, 0.15) is 29.2 Å². The predicted molar refractivity (Wildman–Crippen MR) is 151 cm³/mol. The summed E-state index contributed by atoms with van der Waals surface area (Å²) in [6.07, 6.45) is 5.69. The van der Waals surface area contributed by atoms with E-state index in [-0.39, 0.29) is 17.4 Å². The van der Waals surface area contributed by atoms with Gasteiger partial charge in [-0.2, -0.15) is 5.26 Å². The van der Waals surface area contributed by atoms with E-state index in [1.807, 2.05) is 66.7 Å². The molecule has 8 heteroatoms. The molecule has 0 bridgehead atoms. The summed E-state index contributed by atoms with van der Waals surface area (Å²) in [4.78, 5) is 19.7. The highest BCUT2D eigenvalue weighted by Crippen LogP contribution is 2.67. The molecule has 1 unspecified atom stereocenters. The summed E-state index contributed by atoms with van der Waals surface area (Å²) >= 11 is 0. The Morgan fingerprint density at radius 2 is 1.88 bits per heavy atom. The Bertz CT molecular complexity index is 1560. The molecule has 2 aromatic carbocycles. The molecule has 2 N–H and O–H groups in total. The molecule has 0 saturated heterocycles. The van der Waals surface area contributed by atoms with Crippen LogP contribution in [0, 0.1) is 23.2 Å². The third-order valence-corrected chi connectivity index (χ3v) is 8.57. The number of hydrogen-bond donors (Lipinski definition) is 2. The standard InChI is InChI=1S/C33H31N3O5/c1-36(2)31(38)27-28(23-11-7-4-8-12-23)33(24-15-13-21(18-34)14-16-24)32(39,30(27)37)29-26(41-33)17-25(19-35-29)40-20-22-9-5-3-6-10-22/h3-15,17,19,24,27-28,30,37,39H,16,20H2,1-2H3/t24?,27-,28-,30-,32+,33+/m1/s1. The lowest BCUT2D eigenvalue weighted by Gasteiger charge is -2.45. The highest BCUT2D eigenvalue weighted by Gasteiger charge is 2.79. The summed E-state index contributed by atoms with van der Waals surface area (Å²) in [5.74, 6) is -1.84. The van der Waals surface area contributed by atoms with E-state index in [2.05, 4.69) is 11.1 Å². The van der Waals surface area contributed by atoms with Gasteiger partial charge in [-0.3, -0.25) is 9.78 Å². The molecule has 41 heavy (non-hydrogen) atoms. The summed E-state index contributed by atoms with van der Waals surface area (Å²) in [6.45, 7) is 0.318. The quantitative estimate of drug-likeness (QED) is 0.480. The van der Waals surface area contributed by atoms with Crippen LogP contribution in [0.5, 0.6) is 11.5 Å². The van der Waals surface area contributed by atoms with Crippen LogP contribution in [0.2, 0.25) is 0 Å². The molecule has 3 aromatic rings. The summed E-state index contributed by atoms with van der Waals surface area (Å²) in [6, 6.07) is 22.9. The third kappa shape index (κ3) is 4.04. The Hall–Kier alpha value is -4.45. The van der Waals surface area contributed by atoms with E-state index in [9.17, 15) is 20.3 Å². The zero-order valence-electron chi connectivity index (χ0n) is 22.8. The van der Waals surface area contributed by atoms with E-state index < -0.39 is 35.1 Å². The summed E-state index contributed by atoms with van der Waals surface area (Å²) < 4.78 is 12.8. The molecule has 2 aliphatic carbocycles. The van der Waals surface area contributed by atoms with Crippen LogP contribution in [0.25, 0.3) is 0 Å². The van der Waals surface area contributed by atoms with Gasteiger partial charge in [0.1, 0.15) is 29.9 Å². The van der Waals surface area contributed by atoms with Gasteiger partial charge in [0.25, 0.3) is 0 Å². The number of ether oxygens (including phenoxy) is 2. The molecule has 6 atom stereocenters. The Morgan fingerprint density at radius 1 is 1.17 bits per heavy atom. The van der Waals surface area contributed by atoms with Crippen molar-refractivity contribution in [2.75, 3.05) is 14.1 Å². The molecule has 8 nitrogen and oxygen atoms in total. The van der Waals surface area contributed by atoms with Gasteiger partial charge in [-0.1, -0.05) is 72.8 Å². The monoisotopic (exact) mass is 549 g/mol. The van der Waals surface area contributed by atoms with E-state index in [1.165, 1.54) is 11.1 Å². The van der Waals surface area contributed by atoms with Crippen LogP contribution in [-0.4, -0.2) is 51.8 Å². The van der Waals surface area contributed by atoms with Crippen molar-refractivity contribution in [2.24, 2.45) is 11.8 Å². The number of aliphatic hydroxyl groups is 2. The number of rotatable bonds is 6. The van der Waals surface area contributed by atoms with Crippen molar-refractivity contribution in [3.05, 3.63) is 114 Å². The molecule has 1 amide bonds. The smallest absolute Gasteiger partial charge is 0.228 e. The third-order valence-electron chi connectivity index (χ3n) is 8.57. The number of allylic oxidation sites excluding steroid dienone is 3. The van der Waals surface area contributed by atoms with E-state index in [1.54, 1.807) is 32.3 Å². The van der Waals surface area contributed by atoms with Crippen LogP contribution in [0.15, 0.2) is 96.7 Å². The van der Waals surface area contributed by atoms with Gasteiger partial charge < -0.3 is 24.6 Å². The summed E-state index contributed by atoms with van der Waals surface area (Å²) in [5.41, 5.74) is -1.15. The van der Waals surface area contributed by atoms with Crippen LogP contribution < -0.4 is 9.47 Å². The normalized spacial score (nSPS) is 29.5. The molecule has 0 spiro atoms. The average Bonchev–Trinajstić information content (AvgIpc) is 3.38. The fraction of sp³-hybridized carbons (Fsp3) is 0.303. The van der Waals surface area contributed by atoms with Crippen LogP contribution in [0.4, 0.5) is 0 Å². The van der Waals surface area contributed by atoms with Crippen molar-refractivity contribution in [1.29, 1.82) is 5.26 Å². The number of hydrogen-bond acceptors (Lipinski definition) is 7. The molecule has 1 aliphatic heterocycles. The molecule has 1 saturated carbocycles. The number of pyridine rings is 1. The number of amides is 1. The molecule has 208 valence electrons. The fourth-order valence-electron chi connectivity index (χ4n) is 6.74. The van der Waals surface area contributed by atoms with Gasteiger partial charge in [0.15, 0.2) is 11.2 Å². The van der Waals surface area contributed by atoms with Crippen molar-refractivity contribution < 1.29 is 24.5 Å². The second kappa shape index (κ2) is 10.2. The second-order valence-electron chi connectivity index (χ2n) is 11.0. The molecular weight excluding hydrogens is 518 g/mol. The van der Waals surface area contributed by atoms with E-state index in [4.69, 9.17) is 9.47 Å². The number of nitriles is 1. The first-order valence-electron chi connectivity index (χ1n) is 13.6. The van der Waals surface area contributed by atoms with E-state index >= 15 is 0 Å². The number of aromatic nitrogens is 1. The summed E-state index contributed by atoms with van der Waals surface area (Å²) in [5, 5.41) is 34.2. The SMILES string of the molecule is CN(C)C(=O)[C@H]1[C@@H](O)[C@@]2(O)c3ncc(OCc4ccccc4)cc3O[C@@]2(C2C=CC(C#N)=CC2)[C@@H]1c1ccccc1. The van der Waals surface area contributed by atoms with E-state index in [0.29, 0.717) is 24.4 Å². The Kier molecular flexibility index (Phi) is 6.65. The maximum absolute atomic E-state index is 13.7. The van der Waals surface area contributed by atoms with Crippen LogP contribution in [-0.2, 0) is 17.0 Å². The number of nitrogens with zero attached hydrogens (tertiary/aromatic N) is 3. The number of fused-ring (bicyclic) bond motifs is 3. The van der Waals surface area contributed by atoms with Crippen molar-refractivity contribution in [3.63, 3.8) is 0 Å². The highest BCUT2D eigenvalue weighted by atomic mass is 16.5. The first-order valence-corrected chi connectivity index (χ1v) is 13.6. The van der Waals surface area contributed by atoms with Gasteiger partial charge in [0, 0.05) is 37.6 Å². The Labute approximate surface area is 238 Å². The second-order valence-corrected chi connectivity index (χ2v) is 11.0. The van der Waals surface area contributed by atoms with Crippen molar-refractivity contribution in [2.45, 2.75) is 36.3 Å². The van der Waals surface area contributed by atoms with Crippen LogP contribution >= 0.6 is 0 Å². The van der Waals surface area contributed by atoms with Gasteiger partial charge in [-0.05, 0) is 23.6 Å². The van der Waals surface area contributed by atoms with Gasteiger partial charge in [-0.25, -0.2) is 0 Å². The number of benzene rings is 2. The predicted octanol–water partition coefficient (Wildman–Crippen LogP) is 3.87. The van der Waals surface area contributed by atoms with Crippen molar-refractivity contribution in [1.82, 2.24) is 9.88 Å². The minimum atomic E-state index is -2.04. The summed E-state index contributed by atoms with van der Waals surface area (Å²) in [7, 11) is 3.27. The molecule has 6 rings (SSSR count). The fourth-order valence-corrected chi connectivity index (χ4v) is 6.74. The molecule has 0 radical (unpaired) electrons. The lowest BCUT2D eigenvalue weighted by Crippen LogP contribution is -2.59. The number of carbonyl (C=O) groups excluding carboxylic acids is 1. The minimum absolute atomic E-state index is 0.163. The minimum Gasteiger partial charge on any atom is -0.487 e. The van der Waals surface area contributed by atoms with Crippen molar-refractivity contribution >= 4 is 5.91 Å². The van der Waals surface area contributed by atoms with E-state index in [0.717, 1.165) is 11.1 Å². The lowest BCUT2D eigenvalue weighted by molar-refractivity contribution is -0.166. The van der Waals surface area contributed by atoms with Gasteiger partial charge in [-0.15, -0.1) is 0 Å². The largest absolute Gasteiger partial charge is 0.487 e. The Morgan fingerprint density at radius 3 is 2.51 bits per heavy atom. The zero-order valence-corrected chi connectivity index (χ0v) is 22.8. The topological polar surface area (TPSA) is 116 Å². The molecular formula is C33H31N3O5. The van der Waals surface area contributed by atoms with Gasteiger partial charge in [0.2, 0.25) is 5.91 Å². The number of carbonyl (C=O) groups is 1. The Balaban J connectivity index is 1.50. The van der Waals surface area contributed by atoms with Gasteiger partial charge in [0.05, 0.1) is 18.2 Å². The van der Waals surface area contributed by atoms with Crippen molar-refractivity contribution in [3.8, 4) is 17.6 Å². The molecule has 3 aliphatic rings. The maximum Gasteiger partial charge on any atom is 0.228 e. The van der Waals surface area contributed by atoms with Gasteiger partial charge >= 0.3 is 0 Å².